The fraction of sp³-hybridized carbons (Fsp3) is 0.984. The lowest BCUT2D eigenvalue weighted by molar-refractivity contribution is -0.412. The van der Waals surface area contributed by atoms with Crippen LogP contribution in [0.25, 0.3) is 0 Å². The van der Waals surface area contributed by atoms with Crippen molar-refractivity contribution >= 4 is 5.78 Å². The number of rotatable bonds is 20. The van der Waals surface area contributed by atoms with Gasteiger partial charge in [-0.15, -0.1) is 0 Å². The molecule has 32 nitrogen and oxygen atoms in total. The Labute approximate surface area is 543 Å². The fourth-order valence-electron chi connectivity index (χ4n) is 17.9. The van der Waals surface area contributed by atoms with Gasteiger partial charge in [-0.25, -0.2) is 0 Å². The van der Waals surface area contributed by atoms with E-state index in [-0.39, 0.29) is 65.3 Å². The third-order valence-corrected chi connectivity index (χ3v) is 23.7. The van der Waals surface area contributed by atoms with Crippen LogP contribution < -0.4 is 0 Å². The highest BCUT2D eigenvalue weighted by Crippen LogP contribution is 2.70. The fourth-order valence-corrected chi connectivity index (χ4v) is 17.9. The van der Waals surface area contributed by atoms with Crippen LogP contribution in [-0.2, 0) is 71.1 Å². The van der Waals surface area contributed by atoms with E-state index in [0.29, 0.717) is 44.9 Å². The average molecular weight is 1360 g/mol. The maximum atomic E-state index is 15.2. The van der Waals surface area contributed by atoms with E-state index in [4.69, 9.17) is 66.3 Å². The molecule has 40 atom stereocenters. The monoisotopic (exact) mass is 1360 g/mol. The van der Waals surface area contributed by atoms with Gasteiger partial charge >= 0.3 is 0 Å². The van der Waals surface area contributed by atoms with Gasteiger partial charge in [-0.1, -0.05) is 27.7 Å². The van der Waals surface area contributed by atoms with Crippen LogP contribution in [-0.4, -0.2) is 329 Å². The summed E-state index contributed by atoms with van der Waals surface area (Å²) in [6, 6.07) is 0. The molecule has 0 radical (unpaired) electrons. The third kappa shape index (κ3) is 13.4. The molecule has 4 aliphatic carbocycles. The highest BCUT2D eigenvalue weighted by atomic mass is 16.8. The summed E-state index contributed by atoms with van der Waals surface area (Å²) in [7, 11) is 1.62. The molecular weight excluding hydrogens is 1260 g/mol. The van der Waals surface area contributed by atoms with Crippen LogP contribution in [0.1, 0.15) is 92.4 Å². The van der Waals surface area contributed by atoms with E-state index in [0.717, 1.165) is 12.8 Å². The standard InChI is InChI=1S/C62H102O32/c1-22(19-82-54-48(79)45(76)41(72)33(16-63)87-54)9-12-62(81-6)23(2)37-32(94-62)14-29-27-8-7-25-13-26(10-11-60(25,4)28(27)15-36(68)61(29,37)5)86-58-52(93-57-49(80)44(75)38(69)24(3)85-57)51(43(74)34(17-64)88-58)91-59-53(92-56-47(78)40(71)31(67)21-84-56)50(42(73)35(18-65)89-59)90-55-46(77)39(70)30(66)20-83-55/h22-35,37-59,63-67,69-80H,7-21H2,1-6H3/t22-,23+,24+,25+,26+,27-,28+,29+,30-,31-,32+,33-,34-,35-,37+,38+,39+,40+,41-,42-,43+,44-,45+,46-,47-,48-,49-,50+,51+,52-,53-,54-,55+,56+,57+,58-,59+,60+,61-,62-/m1/s1. The highest BCUT2D eigenvalue weighted by molar-refractivity contribution is 5.87. The van der Waals surface area contributed by atoms with Crippen molar-refractivity contribution in [3.05, 3.63) is 0 Å². The van der Waals surface area contributed by atoms with E-state index in [2.05, 4.69) is 20.8 Å². The number of aliphatic hydroxyl groups is 17. The van der Waals surface area contributed by atoms with Gasteiger partial charge < -0.3 is 153 Å². The summed E-state index contributed by atoms with van der Waals surface area (Å²) in [4.78, 5) is 15.2. The molecule has 94 heavy (non-hydrogen) atoms. The summed E-state index contributed by atoms with van der Waals surface area (Å²) in [6.45, 7) is 6.37. The van der Waals surface area contributed by atoms with Gasteiger partial charge in [-0.05, 0) is 86.9 Å². The second-order valence-corrected chi connectivity index (χ2v) is 29.0. The van der Waals surface area contributed by atoms with Crippen LogP contribution >= 0.6 is 0 Å². The summed E-state index contributed by atoms with van der Waals surface area (Å²) >= 11 is 0. The number of hydrogen-bond acceptors (Lipinski definition) is 32. The van der Waals surface area contributed by atoms with Gasteiger partial charge in [0.2, 0.25) is 0 Å². The molecular formula is C62H102O32. The number of methoxy groups -OCH3 is 1. The molecule has 11 rings (SSSR count). The Bertz CT molecular complexity index is 2490. The largest absolute Gasteiger partial charge is 0.394 e. The molecule has 7 aliphatic heterocycles. The molecule has 0 aromatic rings. The molecule has 0 amide bonds. The van der Waals surface area contributed by atoms with E-state index in [1.807, 2.05) is 6.92 Å². The van der Waals surface area contributed by atoms with Crippen LogP contribution in [0.2, 0.25) is 0 Å². The molecule has 0 unspecified atom stereocenters. The maximum absolute atomic E-state index is 15.2. The zero-order valence-corrected chi connectivity index (χ0v) is 53.7. The summed E-state index contributed by atoms with van der Waals surface area (Å²) in [5, 5.41) is 184. The van der Waals surface area contributed by atoms with Crippen molar-refractivity contribution < 1.29 is 158 Å². The zero-order valence-electron chi connectivity index (χ0n) is 53.7. The predicted octanol–water partition coefficient (Wildman–Crippen LogP) is -6.17. The van der Waals surface area contributed by atoms with Gasteiger partial charge in [0.25, 0.3) is 0 Å². The van der Waals surface area contributed by atoms with E-state index >= 15 is 4.79 Å². The van der Waals surface area contributed by atoms with Crippen molar-refractivity contribution in [1.82, 2.24) is 0 Å². The quantitative estimate of drug-likeness (QED) is 0.0504. The van der Waals surface area contributed by atoms with E-state index in [9.17, 15) is 86.8 Å². The molecule has 11 aliphatic rings. The molecule has 7 saturated heterocycles. The summed E-state index contributed by atoms with van der Waals surface area (Å²) in [6.07, 6.45) is -43.8. The van der Waals surface area contributed by atoms with Crippen molar-refractivity contribution in [2.45, 2.75) is 282 Å². The van der Waals surface area contributed by atoms with E-state index < -0.39 is 222 Å². The average Bonchev–Trinajstić information content (AvgIpc) is 1.49. The first-order valence-corrected chi connectivity index (χ1v) is 33.4. The first kappa shape index (κ1) is 73.6. The molecule has 0 aromatic heterocycles. The third-order valence-electron chi connectivity index (χ3n) is 23.7. The second-order valence-electron chi connectivity index (χ2n) is 29.0. The molecule has 542 valence electrons. The van der Waals surface area contributed by atoms with Crippen LogP contribution in [0, 0.1) is 52.3 Å². The molecule has 32 heteroatoms. The van der Waals surface area contributed by atoms with E-state index in [1.165, 1.54) is 6.92 Å². The molecule has 7 heterocycles. The lowest BCUT2D eigenvalue weighted by Gasteiger charge is -2.60. The number of ether oxygens (including phenoxy) is 14. The van der Waals surface area contributed by atoms with Crippen molar-refractivity contribution in [3.8, 4) is 0 Å². The molecule has 11 fully saturated rings. The lowest BCUT2D eigenvalue weighted by atomic mass is 9.44. The number of Topliss-reactive ketones (excluding diaryl/α,β-unsaturated/α-hetero) is 1. The van der Waals surface area contributed by atoms with Crippen molar-refractivity contribution in [1.29, 1.82) is 0 Å². The topological polar surface area (TPSA) is 490 Å². The molecule has 4 saturated carbocycles. The Morgan fingerprint density at radius 2 is 1.05 bits per heavy atom. The number of hydrogen-bond donors (Lipinski definition) is 17. The predicted molar refractivity (Wildman–Crippen MR) is 309 cm³/mol. The summed E-state index contributed by atoms with van der Waals surface area (Å²) in [5.74, 6) is -1.07. The second kappa shape index (κ2) is 29.4. The summed E-state index contributed by atoms with van der Waals surface area (Å²) in [5.41, 5.74) is -1.06. The Balaban J connectivity index is 0.808. The zero-order chi connectivity index (χ0) is 67.9. The normalized spacial score (nSPS) is 54.9. The lowest BCUT2D eigenvalue weighted by Crippen LogP contribution is -2.69. The van der Waals surface area contributed by atoms with Gasteiger partial charge in [-0.2, -0.15) is 0 Å². The van der Waals surface area contributed by atoms with Gasteiger partial charge in [0, 0.05) is 37.2 Å². The number of carbonyl (C=O) groups excluding carboxylic acids is 1. The maximum Gasteiger partial charge on any atom is 0.187 e. The molecule has 17 N–H and O–H groups in total. The van der Waals surface area contributed by atoms with E-state index in [1.54, 1.807) is 7.11 Å². The molecule has 0 bridgehead atoms. The Morgan fingerprint density at radius 3 is 1.64 bits per heavy atom. The first-order valence-electron chi connectivity index (χ1n) is 33.4. The van der Waals surface area contributed by atoms with Crippen molar-refractivity contribution in [2.75, 3.05) is 46.8 Å². The van der Waals surface area contributed by atoms with Gasteiger partial charge in [0.05, 0.1) is 58.0 Å². The van der Waals surface area contributed by atoms with Crippen LogP contribution in [0.15, 0.2) is 0 Å². The minimum absolute atomic E-state index is 0.00355. The number of aliphatic hydroxyl groups excluding tert-OH is 17. The van der Waals surface area contributed by atoms with Crippen molar-refractivity contribution in [3.63, 3.8) is 0 Å². The highest BCUT2D eigenvalue weighted by Gasteiger charge is 2.72. The number of fused-ring (bicyclic) bond motifs is 7. The Hall–Kier alpha value is -1.57. The van der Waals surface area contributed by atoms with Gasteiger partial charge in [0.1, 0.15) is 134 Å². The molecule has 0 aromatic carbocycles. The Morgan fingerprint density at radius 1 is 0.543 bits per heavy atom. The van der Waals surface area contributed by atoms with Gasteiger partial charge in [-0.3, -0.25) is 4.79 Å². The van der Waals surface area contributed by atoms with Crippen molar-refractivity contribution in [2.24, 2.45) is 52.3 Å². The van der Waals surface area contributed by atoms with Gasteiger partial charge in [0.15, 0.2) is 43.5 Å². The first-order chi connectivity index (χ1) is 44.5. The summed E-state index contributed by atoms with van der Waals surface area (Å²) < 4.78 is 86.4. The van der Waals surface area contributed by atoms with Crippen LogP contribution in [0.3, 0.4) is 0 Å². The molecule has 0 spiro atoms. The minimum Gasteiger partial charge on any atom is -0.394 e. The SMILES string of the molecule is CO[C@]1(CC[C@@H](C)CO[C@@H]2O[C@H](CO)[C@@H](O)[C@H](O)[C@H]2O)O[C@H]2C[C@H]3[C@@H]4CC[C@H]5C[C@@H](O[C@@H]6O[C@H](CO)[C@H](O)[C@H](O[C@@H]7O[C@H](CO)[C@@H](O)[C@H](O[C@@H]8OC[C@@H](O)[C@H](O)[C@H]8O)[C@H]7O[C@@H]7OC[C@@H](O)[C@H](O)[C@H]7O)[C@H]6O[C@@H]6O[C@@H](C)[C@H](O)[C@@H](O)[C@H]6O)CC[C@]5(C)[C@H]4CC(=O)[C@]3(C)[C@H]2[C@@H]1C. The number of ketones is 1. The minimum atomic E-state index is -2.02. The smallest absolute Gasteiger partial charge is 0.187 e. The number of carbonyl (C=O) groups is 1. The van der Waals surface area contributed by atoms with Crippen LogP contribution in [0.5, 0.6) is 0 Å². The Kier molecular flexibility index (Phi) is 23.0. The van der Waals surface area contributed by atoms with Crippen LogP contribution in [0.4, 0.5) is 0 Å².